The van der Waals surface area contributed by atoms with Crippen molar-refractivity contribution in [3.63, 3.8) is 0 Å². The third-order valence-electron chi connectivity index (χ3n) is 3.25. The Morgan fingerprint density at radius 1 is 1.17 bits per heavy atom. The molecule has 0 aromatic carbocycles. The number of aromatic nitrogens is 2. The van der Waals surface area contributed by atoms with Gasteiger partial charge in [0.1, 0.15) is 6.33 Å². The molecule has 6 nitrogen and oxygen atoms in total. The highest BCUT2D eigenvalue weighted by Gasteiger charge is 2.29. The molecule has 1 fully saturated rings. The molecule has 1 aromatic rings. The Bertz CT molecular complexity index is 372. The number of nitrogens with one attached hydrogen (secondary N) is 1. The number of nitrogens with zero attached hydrogens (tertiary/aromatic N) is 2. The van der Waals surface area contributed by atoms with Crippen molar-refractivity contribution in [1.29, 1.82) is 0 Å². The van der Waals surface area contributed by atoms with Gasteiger partial charge in [-0.3, -0.25) is 0 Å². The van der Waals surface area contributed by atoms with E-state index in [1.54, 1.807) is 21.3 Å². The quantitative estimate of drug-likeness (QED) is 0.807. The first-order valence-corrected chi connectivity index (χ1v) is 5.96. The molecule has 1 saturated carbocycles. The molecule has 0 aliphatic heterocycles. The lowest BCUT2D eigenvalue weighted by Gasteiger charge is -2.34. The van der Waals surface area contributed by atoms with E-state index in [9.17, 15) is 0 Å². The van der Waals surface area contributed by atoms with E-state index in [4.69, 9.17) is 14.2 Å². The first-order valence-electron chi connectivity index (χ1n) is 5.96. The van der Waals surface area contributed by atoms with Gasteiger partial charge in [-0.05, 0) is 12.8 Å². The van der Waals surface area contributed by atoms with Crippen LogP contribution in [0.2, 0.25) is 0 Å². The number of rotatable bonds is 6. The number of methoxy groups -OCH3 is 3. The van der Waals surface area contributed by atoms with Gasteiger partial charge in [0.25, 0.3) is 0 Å². The third kappa shape index (κ3) is 2.70. The smallest absolute Gasteiger partial charge is 0.224 e. The summed E-state index contributed by atoms with van der Waals surface area (Å²) >= 11 is 0. The van der Waals surface area contributed by atoms with Crippen LogP contribution in [-0.2, 0) is 11.3 Å². The van der Waals surface area contributed by atoms with E-state index in [1.807, 2.05) is 0 Å². The molecule has 1 aliphatic carbocycles. The molecule has 0 saturated heterocycles. The van der Waals surface area contributed by atoms with Crippen LogP contribution in [0, 0.1) is 0 Å². The van der Waals surface area contributed by atoms with Crippen molar-refractivity contribution in [1.82, 2.24) is 15.3 Å². The van der Waals surface area contributed by atoms with Crippen molar-refractivity contribution in [3.8, 4) is 11.8 Å². The van der Waals surface area contributed by atoms with Gasteiger partial charge in [-0.15, -0.1) is 0 Å². The molecule has 100 valence electrons. The Morgan fingerprint density at radius 2 is 1.78 bits per heavy atom. The summed E-state index contributed by atoms with van der Waals surface area (Å²) in [6.45, 7) is 0.633. The lowest BCUT2D eigenvalue weighted by Crippen LogP contribution is -2.44. The first-order chi connectivity index (χ1) is 8.78. The highest BCUT2D eigenvalue weighted by molar-refractivity contribution is 5.34. The Hall–Kier alpha value is -1.40. The predicted molar refractivity (Wildman–Crippen MR) is 65.8 cm³/mol. The summed E-state index contributed by atoms with van der Waals surface area (Å²) in [5.41, 5.74) is 0.850. The molecule has 1 aromatic heterocycles. The summed E-state index contributed by atoms with van der Waals surface area (Å²) < 4.78 is 15.7. The number of hydrogen-bond acceptors (Lipinski definition) is 6. The van der Waals surface area contributed by atoms with Crippen LogP contribution in [0.25, 0.3) is 0 Å². The van der Waals surface area contributed by atoms with Crippen LogP contribution in [0.5, 0.6) is 11.8 Å². The van der Waals surface area contributed by atoms with Gasteiger partial charge in [-0.25, -0.2) is 9.97 Å². The number of hydrogen-bond donors (Lipinski definition) is 1. The van der Waals surface area contributed by atoms with Crippen molar-refractivity contribution >= 4 is 0 Å². The van der Waals surface area contributed by atoms with E-state index >= 15 is 0 Å². The maximum Gasteiger partial charge on any atom is 0.224 e. The topological polar surface area (TPSA) is 65.5 Å². The summed E-state index contributed by atoms with van der Waals surface area (Å²) in [4.78, 5) is 8.16. The van der Waals surface area contributed by atoms with Crippen LogP contribution in [0.3, 0.4) is 0 Å². The van der Waals surface area contributed by atoms with Gasteiger partial charge in [0.05, 0.1) is 25.9 Å². The van der Waals surface area contributed by atoms with E-state index in [0.29, 0.717) is 30.5 Å². The van der Waals surface area contributed by atoms with E-state index < -0.39 is 0 Å². The SMILES string of the molecule is COc1ncnc(OC)c1CNC1CC(OC)C1. The fourth-order valence-corrected chi connectivity index (χ4v) is 2.06. The lowest BCUT2D eigenvalue weighted by molar-refractivity contribution is 0.0169. The molecular formula is C12H19N3O3. The van der Waals surface area contributed by atoms with E-state index in [0.717, 1.165) is 18.4 Å². The number of ether oxygens (including phenoxy) is 3. The molecule has 1 heterocycles. The zero-order chi connectivity index (χ0) is 13.0. The van der Waals surface area contributed by atoms with Crippen LogP contribution in [0.4, 0.5) is 0 Å². The molecule has 2 rings (SSSR count). The second kappa shape index (κ2) is 5.97. The molecule has 0 unspecified atom stereocenters. The van der Waals surface area contributed by atoms with Gasteiger partial charge in [0, 0.05) is 19.7 Å². The fraction of sp³-hybridized carbons (Fsp3) is 0.667. The molecule has 18 heavy (non-hydrogen) atoms. The first kappa shape index (κ1) is 13.0. The molecule has 0 spiro atoms. The van der Waals surface area contributed by atoms with E-state index in [2.05, 4.69) is 15.3 Å². The Labute approximate surface area is 107 Å². The Balaban J connectivity index is 1.96. The van der Waals surface area contributed by atoms with Gasteiger partial charge in [0.2, 0.25) is 11.8 Å². The molecular weight excluding hydrogens is 234 g/mol. The highest BCUT2D eigenvalue weighted by atomic mass is 16.5. The van der Waals surface area contributed by atoms with Crippen molar-refractivity contribution in [2.24, 2.45) is 0 Å². The summed E-state index contributed by atoms with van der Waals surface area (Å²) in [7, 11) is 4.93. The molecule has 0 bridgehead atoms. The summed E-state index contributed by atoms with van der Waals surface area (Å²) in [5.74, 6) is 1.11. The maximum absolute atomic E-state index is 5.24. The average molecular weight is 253 g/mol. The molecule has 1 aliphatic rings. The van der Waals surface area contributed by atoms with Gasteiger partial charge < -0.3 is 19.5 Å². The Morgan fingerprint density at radius 3 is 2.28 bits per heavy atom. The van der Waals surface area contributed by atoms with Gasteiger partial charge in [-0.2, -0.15) is 0 Å². The minimum atomic E-state index is 0.387. The lowest BCUT2D eigenvalue weighted by atomic mass is 9.89. The van der Waals surface area contributed by atoms with Crippen LogP contribution in [0.1, 0.15) is 18.4 Å². The summed E-state index contributed by atoms with van der Waals surface area (Å²) in [6.07, 6.45) is 3.90. The van der Waals surface area contributed by atoms with Crippen molar-refractivity contribution in [2.45, 2.75) is 31.5 Å². The minimum absolute atomic E-state index is 0.387. The van der Waals surface area contributed by atoms with Crippen molar-refractivity contribution in [2.75, 3.05) is 21.3 Å². The molecule has 1 N–H and O–H groups in total. The van der Waals surface area contributed by atoms with Gasteiger partial charge in [-0.1, -0.05) is 0 Å². The minimum Gasteiger partial charge on any atom is -0.481 e. The second-order valence-corrected chi connectivity index (χ2v) is 4.28. The van der Waals surface area contributed by atoms with Crippen LogP contribution >= 0.6 is 0 Å². The maximum atomic E-state index is 5.24. The Kier molecular flexibility index (Phi) is 4.33. The van der Waals surface area contributed by atoms with E-state index in [-0.39, 0.29) is 0 Å². The third-order valence-corrected chi connectivity index (χ3v) is 3.25. The fourth-order valence-electron chi connectivity index (χ4n) is 2.06. The van der Waals surface area contributed by atoms with Crippen molar-refractivity contribution in [3.05, 3.63) is 11.9 Å². The van der Waals surface area contributed by atoms with Crippen LogP contribution in [-0.4, -0.2) is 43.4 Å². The van der Waals surface area contributed by atoms with Crippen molar-refractivity contribution < 1.29 is 14.2 Å². The summed E-state index contributed by atoms with van der Waals surface area (Å²) in [6, 6.07) is 0.476. The zero-order valence-corrected chi connectivity index (χ0v) is 11.0. The van der Waals surface area contributed by atoms with Crippen LogP contribution in [0.15, 0.2) is 6.33 Å². The standard InChI is InChI=1S/C12H19N3O3/c1-16-9-4-8(5-9)13-6-10-11(17-2)14-7-15-12(10)18-3/h7-9,13H,4-6H2,1-3H3. The van der Waals surface area contributed by atoms with Gasteiger partial charge >= 0.3 is 0 Å². The highest BCUT2D eigenvalue weighted by Crippen LogP contribution is 2.26. The van der Waals surface area contributed by atoms with Crippen LogP contribution < -0.4 is 14.8 Å². The normalized spacial score (nSPS) is 22.4. The predicted octanol–water partition coefficient (Wildman–Crippen LogP) is 0.761. The monoisotopic (exact) mass is 253 g/mol. The summed E-state index contributed by atoms with van der Waals surface area (Å²) in [5, 5.41) is 3.43. The molecule has 0 amide bonds. The second-order valence-electron chi connectivity index (χ2n) is 4.28. The van der Waals surface area contributed by atoms with Gasteiger partial charge in [0.15, 0.2) is 0 Å². The largest absolute Gasteiger partial charge is 0.481 e. The van der Waals surface area contributed by atoms with E-state index in [1.165, 1.54) is 6.33 Å². The molecule has 0 radical (unpaired) electrons. The average Bonchev–Trinajstić information content (AvgIpc) is 2.37. The zero-order valence-electron chi connectivity index (χ0n) is 11.0. The molecule has 0 atom stereocenters. The molecule has 6 heteroatoms.